The van der Waals surface area contributed by atoms with E-state index in [1.165, 1.54) is 0 Å². The third kappa shape index (κ3) is 7.13. The Morgan fingerprint density at radius 3 is 2.46 bits per heavy atom. The Bertz CT molecular complexity index is 1090. The minimum Gasteiger partial charge on any atom is -0.485 e. The van der Waals surface area contributed by atoms with Crippen LogP contribution in [0.15, 0.2) is 48.5 Å². The van der Waals surface area contributed by atoms with Gasteiger partial charge in [0.1, 0.15) is 6.10 Å². The summed E-state index contributed by atoms with van der Waals surface area (Å²) in [6, 6.07) is 12.8. The molecule has 2 aromatic carbocycles. The molecule has 0 saturated heterocycles. The number of likely N-dealkylation sites (N-methyl/N-ethyl adjacent to an activating group) is 1. The fourth-order valence-corrected chi connectivity index (χ4v) is 4.08. The van der Waals surface area contributed by atoms with Crippen LogP contribution in [0.4, 0.5) is 21.0 Å². The van der Waals surface area contributed by atoms with Gasteiger partial charge < -0.3 is 35.6 Å². The summed E-state index contributed by atoms with van der Waals surface area (Å²) in [5, 5.41) is 18.3. The molecule has 1 heterocycles. The first kappa shape index (κ1) is 27.8. The van der Waals surface area contributed by atoms with Gasteiger partial charge in [-0.2, -0.15) is 0 Å². The molecule has 0 spiro atoms. The van der Waals surface area contributed by atoms with E-state index in [9.17, 15) is 19.5 Å². The zero-order valence-electron chi connectivity index (χ0n) is 22.0. The zero-order chi connectivity index (χ0) is 27.1. The van der Waals surface area contributed by atoms with Crippen molar-refractivity contribution in [2.45, 2.75) is 45.9 Å². The number of carbonyl (C=O) groups is 3. The highest BCUT2D eigenvalue weighted by atomic mass is 16.5. The topological polar surface area (TPSA) is 123 Å². The van der Waals surface area contributed by atoms with Crippen LogP contribution in [0.25, 0.3) is 0 Å². The smallest absolute Gasteiger partial charge is 0.323 e. The number of hydrogen-bond donors (Lipinski definition) is 4. The van der Waals surface area contributed by atoms with Crippen molar-refractivity contribution >= 4 is 29.3 Å². The summed E-state index contributed by atoms with van der Waals surface area (Å²) in [5.74, 6) is -0.272. The normalized spacial score (nSPS) is 18.1. The molecule has 0 bridgehead atoms. The molecule has 10 heteroatoms. The SMILES string of the molecule is CC(C)NC(=O)N(C)C[C@@H]1Oc2c(NC(=O)Nc3ccccc3)cccc2C(=O)N([C@@H](C)CO)C[C@H]1C. The first-order chi connectivity index (χ1) is 17.6. The maximum atomic E-state index is 13.6. The summed E-state index contributed by atoms with van der Waals surface area (Å²) in [6.45, 7) is 7.86. The summed E-state index contributed by atoms with van der Waals surface area (Å²) >= 11 is 0. The van der Waals surface area contributed by atoms with Crippen LogP contribution in [0.2, 0.25) is 0 Å². The third-order valence-corrected chi connectivity index (χ3v) is 6.18. The van der Waals surface area contributed by atoms with Crippen molar-refractivity contribution < 1.29 is 24.2 Å². The van der Waals surface area contributed by atoms with Crippen LogP contribution < -0.4 is 20.7 Å². The second-order valence-corrected chi connectivity index (χ2v) is 9.73. The highest BCUT2D eigenvalue weighted by Gasteiger charge is 2.35. The number of urea groups is 2. The number of anilines is 2. The Morgan fingerprint density at radius 2 is 1.81 bits per heavy atom. The molecular weight excluding hydrogens is 474 g/mol. The van der Waals surface area contributed by atoms with E-state index in [1.54, 1.807) is 54.1 Å². The number of nitrogens with zero attached hydrogens (tertiary/aromatic N) is 2. The molecule has 0 radical (unpaired) electrons. The molecule has 2 aromatic rings. The highest BCUT2D eigenvalue weighted by Crippen LogP contribution is 2.35. The molecule has 200 valence electrons. The van der Waals surface area contributed by atoms with Crippen molar-refractivity contribution in [3.8, 4) is 5.75 Å². The number of ether oxygens (including phenoxy) is 1. The monoisotopic (exact) mass is 511 g/mol. The number of para-hydroxylation sites is 2. The fourth-order valence-electron chi connectivity index (χ4n) is 4.08. The molecule has 1 aliphatic heterocycles. The van der Waals surface area contributed by atoms with Gasteiger partial charge in [0.2, 0.25) is 0 Å². The minimum atomic E-state index is -0.497. The summed E-state index contributed by atoms with van der Waals surface area (Å²) in [4.78, 5) is 42.1. The Morgan fingerprint density at radius 1 is 1.11 bits per heavy atom. The zero-order valence-corrected chi connectivity index (χ0v) is 22.0. The quantitative estimate of drug-likeness (QED) is 0.452. The minimum absolute atomic E-state index is 0.0243. The number of fused-ring (bicyclic) bond motifs is 1. The summed E-state index contributed by atoms with van der Waals surface area (Å²) in [6.07, 6.45) is -0.497. The third-order valence-electron chi connectivity index (χ3n) is 6.18. The summed E-state index contributed by atoms with van der Waals surface area (Å²) in [7, 11) is 1.68. The number of nitrogens with one attached hydrogen (secondary N) is 3. The fraction of sp³-hybridized carbons (Fsp3) is 0.444. The maximum Gasteiger partial charge on any atom is 0.323 e. The molecule has 10 nitrogen and oxygen atoms in total. The lowest BCUT2D eigenvalue weighted by atomic mass is 9.99. The number of aliphatic hydroxyl groups is 1. The van der Waals surface area contributed by atoms with E-state index in [2.05, 4.69) is 16.0 Å². The molecule has 0 saturated carbocycles. The molecule has 5 amide bonds. The summed E-state index contributed by atoms with van der Waals surface area (Å²) in [5.41, 5.74) is 1.20. The predicted octanol–water partition coefficient (Wildman–Crippen LogP) is 3.60. The van der Waals surface area contributed by atoms with E-state index in [0.717, 1.165) is 0 Å². The number of carbonyl (C=O) groups excluding carboxylic acids is 3. The van der Waals surface area contributed by atoms with Gasteiger partial charge in [0.15, 0.2) is 5.75 Å². The lowest BCUT2D eigenvalue weighted by Crippen LogP contribution is -2.51. The van der Waals surface area contributed by atoms with E-state index in [0.29, 0.717) is 17.9 Å². The second-order valence-electron chi connectivity index (χ2n) is 9.73. The van der Waals surface area contributed by atoms with Crippen molar-refractivity contribution in [3.63, 3.8) is 0 Å². The number of hydrogen-bond acceptors (Lipinski definition) is 5. The predicted molar refractivity (Wildman–Crippen MR) is 143 cm³/mol. The molecule has 4 N–H and O–H groups in total. The van der Waals surface area contributed by atoms with Crippen molar-refractivity contribution in [2.24, 2.45) is 5.92 Å². The average Bonchev–Trinajstić information content (AvgIpc) is 2.86. The van der Waals surface area contributed by atoms with Crippen molar-refractivity contribution in [1.82, 2.24) is 15.1 Å². The van der Waals surface area contributed by atoms with Crippen molar-refractivity contribution in [3.05, 3.63) is 54.1 Å². The number of amides is 5. The van der Waals surface area contributed by atoms with Crippen molar-refractivity contribution in [1.29, 1.82) is 0 Å². The summed E-state index contributed by atoms with van der Waals surface area (Å²) < 4.78 is 6.42. The Balaban J connectivity index is 1.95. The van der Waals surface area contributed by atoms with Gasteiger partial charge in [0.05, 0.1) is 30.4 Å². The van der Waals surface area contributed by atoms with Crippen LogP contribution in [0, 0.1) is 5.92 Å². The van der Waals surface area contributed by atoms with Crippen LogP contribution in [0.5, 0.6) is 5.75 Å². The first-order valence-electron chi connectivity index (χ1n) is 12.5. The largest absolute Gasteiger partial charge is 0.485 e. The molecule has 1 aliphatic rings. The Kier molecular flexibility index (Phi) is 9.35. The van der Waals surface area contributed by atoms with Crippen molar-refractivity contribution in [2.75, 3.05) is 37.4 Å². The van der Waals surface area contributed by atoms with Gasteiger partial charge in [-0.05, 0) is 45.0 Å². The first-order valence-corrected chi connectivity index (χ1v) is 12.5. The maximum absolute atomic E-state index is 13.6. The Labute approximate surface area is 218 Å². The van der Waals surface area contributed by atoms with Gasteiger partial charge in [0, 0.05) is 31.2 Å². The number of benzene rings is 2. The van der Waals surface area contributed by atoms with E-state index in [-0.39, 0.29) is 48.4 Å². The number of aliphatic hydroxyl groups excluding tert-OH is 1. The lowest BCUT2D eigenvalue weighted by Gasteiger charge is -2.38. The molecular formula is C27H37N5O5. The number of rotatable bonds is 7. The molecule has 3 rings (SSSR count). The molecule has 37 heavy (non-hydrogen) atoms. The van der Waals surface area contributed by atoms with Crippen LogP contribution in [-0.4, -0.2) is 77.8 Å². The van der Waals surface area contributed by atoms with E-state index in [4.69, 9.17) is 4.74 Å². The van der Waals surface area contributed by atoms with Gasteiger partial charge in [0.25, 0.3) is 5.91 Å². The van der Waals surface area contributed by atoms with E-state index >= 15 is 0 Å². The van der Waals surface area contributed by atoms with E-state index in [1.807, 2.05) is 39.0 Å². The molecule has 0 unspecified atom stereocenters. The standard InChI is InChI=1S/C27H37N5O5/c1-17(2)28-27(36)31(5)15-23-18(3)14-32(19(4)16-33)25(34)21-12-9-13-22(24(21)37-23)30-26(35)29-20-10-7-6-8-11-20/h6-13,17-19,23,33H,14-16H2,1-5H3,(H,28,36)(H2,29,30,35)/t18-,19+,23+/m1/s1. The second kappa shape index (κ2) is 12.4. The molecule has 0 aromatic heterocycles. The van der Waals surface area contributed by atoms with Gasteiger partial charge >= 0.3 is 12.1 Å². The van der Waals surface area contributed by atoms with Gasteiger partial charge in [-0.3, -0.25) is 4.79 Å². The molecule has 3 atom stereocenters. The molecule has 0 fully saturated rings. The van der Waals surface area contributed by atoms with Crippen LogP contribution >= 0.6 is 0 Å². The highest BCUT2D eigenvalue weighted by molar-refractivity contribution is 6.04. The Hall–Kier alpha value is -3.79. The van der Waals surface area contributed by atoms with Gasteiger partial charge in [-0.15, -0.1) is 0 Å². The van der Waals surface area contributed by atoms with E-state index < -0.39 is 18.2 Å². The molecule has 0 aliphatic carbocycles. The van der Waals surface area contributed by atoms with Crippen LogP contribution in [0.1, 0.15) is 38.1 Å². The van der Waals surface area contributed by atoms with Crippen LogP contribution in [0.3, 0.4) is 0 Å². The van der Waals surface area contributed by atoms with Crippen LogP contribution in [-0.2, 0) is 0 Å². The van der Waals surface area contributed by atoms with Gasteiger partial charge in [-0.25, -0.2) is 9.59 Å². The lowest BCUT2D eigenvalue weighted by molar-refractivity contribution is 0.0368. The average molecular weight is 512 g/mol. The van der Waals surface area contributed by atoms with Gasteiger partial charge in [-0.1, -0.05) is 31.2 Å².